The van der Waals surface area contributed by atoms with Crippen molar-refractivity contribution in [3.05, 3.63) is 58.5 Å². The molecule has 0 saturated carbocycles. The average Bonchev–Trinajstić information content (AvgIpc) is 2.84. The maximum atomic E-state index is 13.6. The van der Waals surface area contributed by atoms with E-state index in [1.54, 1.807) is 13.1 Å². The first kappa shape index (κ1) is 13.2. The summed E-state index contributed by atoms with van der Waals surface area (Å²) in [6, 6.07) is 5.67. The van der Waals surface area contributed by atoms with Crippen LogP contribution in [-0.2, 0) is 13.6 Å². The molecule has 0 aliphatic heterocycles. The molecule has 2 aromatic heterocycles. The number of aryl methyl sites for hydroxylation is 1. The van der Waals surface area contributed by atoms with E-state index >= 15 is 0 Å². The highest BCUT2D eigenvalue weighted by Crippen LogP contribution is 2.09. The van der Waals surface area contributed by atoms with Crippen molar-refractivity contribution in [2.24, 2.45) is 7.05 Å². The largest absolute Gasteiger partial charge is 0.292 e. The van der Waals surface area contributed by atoms with E-state index in [1.165, 1.54) is 35.4 Å². The quantitative estimate of drug-likeness (QED) is 0.677. The molecule has 1 aromatic carbocycles. The van der Waals surface area contributed by atoms with Gasteiger partial charge in [0.15, 0.2) is 11.4 Å². The van der Waals surface area contributed by atoms with Crippen LogP contribution in [0.1, 0.15) is 10.4 Å². The van der Waals surface area contributed by atoms with Crippen LogP contribution in [0.25, 0.3) is 11.0 Å². The Kier molecular flexibility index (Phi) is 3.09. The van der Waals surface area contributed by atoms with Crippen LogP contribution < -0.4 is 5.56 Å². The molecule has 0 atom stereocenters. The maximum absolute atomic E-state index is 13.6. The Labute approximate surface area is 118 Å². The fraction of sp³-hybridized carbons (Fsp3) is 0.143. The van der Waals surface area contributed by atoms with Gasteiger partial charge in [-0.05, 0) is 12.1 Å². The summed E-state index contributed by atoms with van der Waals surface area (Å²) in [4.78, 5) is 28.4. The van der Waals surface area contributed by atoms with E-state index < -0.39 is 11.6 Å². The van der Waals surface area contributed by atoms with Gasteiger partial charge in [-0.1, -0.05) is 12.1 Å². The minimum atomic E-state index is -0.606. The van der Waals surface area contributed by atoms with Gasteiger partial charge in [-0.2, -0.15) is 5.10 Å². The molecule has 2 heterocycles. The highest BCUT2D eigenvalue weighted by molar-refractivity contribution is 5.96. The van der Waals surface area contributed by atoms with Gasteiger partial charge in [-0.25, -0.2) is 9.37 Å². The number of hydrogen-bond donors (Lipinski definition) is 0. The molecule has 106 valence electrons. The Morgan fingerprint density at radius 3 is 2.86 bits per heavy atom. The molecule has 0 radical (unpaired) electrons. The molecule has 21 heavy (non-hydrogen) atoms. The average molecular weight is 286 g/mol. The lowest BCUT2D eigenvalue weighted by molar-refractivity contribution is 0.0966. The van der Waals surface area contributed by atoms with Crippen LogP contribution in [0.3, 0.4) is 0 Å². The molecule has 0 saturated heterocycles. The van der Waals surface area contributed by atoms with Gasteiger partial charge in [0.2, 0.25) is 0 Å². The minimum absolute atomic E-state index is 0.0457. The molecule has 0 aliphatic carbocycles. The molecule has 3 aromatic rings. The summed E-state index contributed by atoms with van der Waals surface area (Å²) in [5, 5.41) is 4.27. The molecule has 0 unspecified atom stereocenters. The van der Waals surface area contributed by atoms with Crippen LogP contribution >= 0.6 is 0 Å². The van der Waals surface area contributed by atoms with Crippen LogP contribution in [0.2, 0.25) is 0 Å². The van der Waals surface area contributed by atoms with E-state index in [1.807, 2.05) is 0 Å². The maximum Gasteiger partial charge on any atom is 0.264 e. The highest BCUT2D eigenvalue weighted by atomic mass is 19.1. The SMILES string of the molecule is Cn1ncc2c(=O)n(CC(=O)c3ccccc3F)cnc21. The molecule has 7 heteroatoms. The molecule has 6 nitrogen and oxygen atoms in total. The predicted molar refractivity (Wildman–Crippen MR) is 73.5 cm³/mol. The van der Waals surface area contributed by atoms with Gasteiger partial charge >= 0.3 is 0 Å². The number of halogens is 1. The molecule has 0 spiro atoms. The summed E-state index contributed by atoms with van der Waals surface area (Å²) in [7, 11) is 1.67. The number of hydrogen-bond acceptors (Lipinski definition) is 4. The molecule has 0 amide bonds. The summed E-state index contributed by atoms with van der Waals surface area (Å²) in [5.41, 5.74) is 0.0167. The Morgan fingerprint density at radius 2 is 2.10 bits per heavy atom. The van der Waals surface area contributed by atoms with E-state index in [9.17, 15) is 14.0 Å². The summed E-state index contributed by atoms with van der Waals surface area (Å²) in [6.45, 7) is -0.266. The number of ketones is 1. The van der Waals surface area contributed by atoms with E-state index in [4.69, 9.17) is 0 Å². The van der Waals surface area contributed by atoms with Crippen molar-refractivity contribution in [1.82, 2.24) is 19.3 Å². The predicted octanol–water partition coefficient (Wildman–Crippen LogP) is 1.15. The zero-order valence-electron chi connectivity index (χ0n) is 11.2. The molecular weight excluding hydrogens is 275 g/mol. The number of carbonyl (C=O) groups is 1. The van der Waals surface area contributed by atoms with Crippen LogP contribution in [-0.4, -0.2) is 25.1 Å². The van der Waals surface area contributed by atoms with Crippen molar-refractivity contribution in [2.75, 3.05) is 0 Å². The van der Waals surface area contributed by atoms with Gasteiger partial charge in [-0.15, -0.1) is 0 Å². The second-order valence-electron chi connectivity index (χ2n) is 4.59. The van der Waals surface area contributed by atoms with Crippen molar-refractivity contribution in [3.8, 4) is 0 Å². The first-order valence-corrected chi connectivity index (χ1v) is 6.23. The molecule has 0 aliphatic rings. The zero-order chi connectivity index (χ0) is 15.0. The summed E-state index contributed by atoms with van der Waals surface area (Å²) < 4.78 is 16.2. The third-order valence-electron chi connectivity index (χ3n) is 3.21. The van der Waals surface area contributed by atoms with Crippen molar-refractivity contribution in [2.45, 2.75) is 6.54 Å². The standard InChI is InChI=1S/C14H11FN4O2/c1-18-13-10(6-17-18)14(21)19(8-16-13)7-12(20)9-4-2-3-5-11(9)15/h2-6,8H,7H2,1H3. The highest BCUT2D eigenvalue weighted by Gasteiger charge is 2.14. The summed E-state index contributed by atoms with van der Waals surface area (Å²) in [5.74, 6) is -1.09. The summed E-state index contributed by atoms with van der Waals surface area (Å²) in [6.07, 6.45) is 2.67. The molecule has 0 fully saturated rings. The van der Waals surface area contributed by atoms with Crippen LogP contribution in [0, 0.1) is 5.82 Å². The van der Waals surface area contributed by atoms with E-state index in [0.717, 1.165) is 4.57 Å². The van der Waals surface area contributed by atoms with Crippen LogP contribution in [0.4, 0.5) is 4.39 Å². The van der Waals surface area contributed by atoms with Crippen molar-refractivity contribution in [3.63, 3.8) is 0 Å². The number of Topliss-reactive ketones (excluding diaryl/α,β-unsaturated/α-hetero) is 1. The number of aromatic nitrogens is 4. The van der Waals surface area contributed by atoms with Crippen LogP contribution in [0.5, 0.6) is 0 Å². The first-order valence-electron chi connectivity index (χ1n) is 6.23. The normalized spacial score (nSPS) is 11.0. The second-order valence-corrected chi connectivity index (χ2v) is 4.59. The van der Waals surface area contributed by atoms with Gasteiger partial charge in [0.05, 0.1) is 18.3 Å². The van der Waals surface area contributed by atoms with Crippen molar-refractivity contribution < 1.29 is 9.18 Å². The van der Waals surface area contributed by atoms with Gasteiger partial charge in [-0.3, -0.25) is 18.8 Å². The first-order chi connectivity index (χ1) is 10.1. The lowest BCUT2D eigenvalue weighted by atomic mass is 10.1. The lowest BCUT2D eigenvalue weighted by Crippen LogP contribution is -2.25. The van der Waals surface area contributed by atoms with Gasteiger partial charge < -0.3 is 0 Å². The van der Waals surface area contributed by atoms with E-state index in [2.05, 4.69) is 10.1 Å². The van der Waals surface area contributed by atoms with Gasteiger partial charge in [0, 0.05) is 7.05 Å². The van der Waals surface area contributed by atoms with E-state index in [-0.39, 0.29) is 17.7 Å². The Morgan fingerprint density at radius 1 is 1.33 bits per heavy atom. The number of benzene rings is 1. The molecular formula is C14H11FN4O2. The number of nitrogens with zero attached hydrogens (tertiary/aromatic N) is 4. The Hall–Kier alpha value is -2.83. The Bertz CT molecular complexity index is 897. The van der Waals surface area contributed by atoms with Gasteiger partial charge in [0.1, 0.15) is 17.5 Å². The number of rotatable bonds is 3. The van der Waals surface area contributed by atoms with Crippen molar-refractivity contribution in [1.29, 1.82) is 0 Å². The summed E-state index contributed by atoms with van der Waals surface area (Å²) >= 11 is 0. The third kappa shape index (κ3) is 2.22. The Balaban J connectivity index is 1.99. The zero-order valence-corrected chi connectivity index (χ0v) is 11.2. The van der Waals surface area contributed by atoms with Crippen LogP contribution in [0.15, 0.2) is 41.6 Å². The second kappa shape index (κ2) is 4.93. The minimum Gasteiger partial charge on any atom is -0.292 e. The molecule has 3 rings (SSSR count). The lowest BCUT2D eigenvalue weighted by Gasteiger charge is -2.05. The van der Waals surface area contributed by atoms with E-state index in [0.29, 0.717) is 11.0 Å². The monoisotopic (exact) mass is 286 g/mol. The fourth-order valence-corrected chi connectivity index (χ4v) is 2.11. The number of carbonyl (C=O) groups excluding carboxylic acids is 1. The molecule has 0 N–H and O–H groups in total. The fourth-order valence-electron chi connectivity index (χ4n) is 2.11. The number of fused-ring (bicyclic) bond motifs is 1. The van der Waals surface area contributed by atoms with Crippen molar-refractivity contribution >= 4 is 16.8 Å². The third-order valence-corrected chi connectivity index (χ3v) is 3.21. The molecule has 0 bridgehead atoms. The topological polar surface area (TPSA) is 69.8 Å². The smallest absolute Gasteiger partial charge is 0.264 e. The van der Waals surface area contributed by atoms with Gasteiger partial charge in [0.25, 0.3) is 5.56 Å².